The average Bonchev–Trinajstić information content (AvgIpc) is 2.39. The molecular formula is C15H15BrN2O. The van der Waals surface area contributed by atoms with Crippen LogP contribution in [0.3, 0.4) is 0 Å². The standard InChI is InChI=1S/C15H15BrN2O/c1-2-11-6-8-13(9-7-11)17-15(19)18-14-5-3-4-12(16)10-14/h3-10H,2H2,1H3,(H2,17,18,19). The first-order valence-electron chi connectivity index (χ1n) is 6.10. The van der Waals surface area contributed by atoms with Crippen molar-refractivity contribution in [2.75, 3.05) is 10.6 Å². The van der Waals surface area contributed by atoms with E-state index in [0.717, 1.165) is 22.3 Å². The van der Waals surface area contributed by atoms with E-state index in [9.17, 15) is 4.79 Å². The van der Waals surface area contributed by atoms with Gasteiger partial charge in [0.25, 0.3) is 0 Å². The van der Waals surface area contributed by atoms with E-state index < -0.39 is 0 Å². The molecule has 0 unspecified atom stereocenters. The molecule has 2 amide bonds. The Morgan fingerprint density at radius 1 is 1.05 bits per heavy atom. The van der Waals surface area contributed by atoms with Crippen LogP contribution in [0.25, 0.3) is 0 Å². The fourth-order valence-electron chi connectivity index (χ4n) is 1.68. The van der Waals surface area contributed by atoms with Crippen molar-refractivity contribution in [3.05, 3.63) is 58.6 Å². The van der Waals surface area contributed by atoms with Crippen molar-refractivity contribution in [2.24, 2.45) is 0 Å². The molecule has 0 fully saturated rings. The van der Waals surface area contributed by atoms with Crippen molar-refractivity contribution in [2.45, 2.75) is 13.3 Å². The maximum atomic E-state index is 11.8. The van der Waals surface area contributed by atoms with E-state index >= 15 is 0 Å². The van der Waals surface area contributed by atoms with Crippen LogP contribution < -0.4 is 10.6 Å². The van der Waals surface area contributed by atoms with Crippen LogP contribution in [0.1, 0.15) is 12.5 Å². The molecule has 0 saturated carbocycles. The molecule has 0 aromatic heterocycles. The lowest BCUT2D eigenvalue weighted by molar-refractivity contribution is 0.262. The summed E-state index contributed by atoms with van der Waals surface area (Å²) in [6.45, 7) is 2.10. The maximum absolute atomic E-state index is 11.8. The second kappa shape index (κ2) is 6.38. The minimum atomic E-state index is -0.248. The van der Waals surface area contributed by atoms with Crippen molar-refractivity contribution in [3.8, 4) is 0 Å². The van der Waals surface area contributed by atoms with Gasteiger partial charge in [0, 0.05) is 15.8 Å². The Morgan fingerprint density at radius 3 is 2.37 bits per heavy atom. The van der Waals surface area contributed by atoms with Gasteiger partial charge in [-0.3, -0.25) is 0 Å². The number of urea groups is 1. The fourth-order valence-corrected chi connectivity index (χ4v) is 2.08. The first kappa shape index (κ1) is 13.6. The van der Waals surface area contributed by atoms with Gasteiger partial charge in [-0.15, -0.1) is 0 Å². The topological polar surface area (TPSA) is 41.1 Å². The predicted octanol–water partition coefficient (Wildman–Crippen LogP) is 4.66. The molecule has 19 heavy (non-hydrogen) atoms. The molecule has 0 aliphatic carbocycles. The molecular weight excluding hydrogens is 304 g/mol. The van der Waals surface area contributed by atoms with Gasteiger partial charge in [-0.05, 0) is 42.3 Å². The molecule has 0 bridgehead atoms. The second-order valence-electron chi connectivity index (χ2n) is 4.14. The second-order valence-corrected chi connectivity index (χ2v) is 5.06. The molecule has 4 heteroatoms. The van der Waals surface area contributed by atoms with E-state index in [1.54, 1.807) is 0 Å². The molecule has 98 valence electrons. The van der Waals surface area contributed by atoms with Gasteiger partial charge in [0.15, 0.2) is 0 Å². The smallest absolute Gasteiger partial charge is 0.308 e. The Labute approximate surface area is 121 Å². The Balaban J connectivity index is 1.97. The van der Waals surface area contributed by atoms with Crippen LogP contribution in [-0.4, -0.2) is 6.03 Å². The maximum Gasteiger partial charge on any atom is 0.323 e. The molecule has 2 aromatic rings. The summed E-state index contributed by atoms with van der Waals surface area (Å²) < 4.78 is 0.928. The number of nitrogens with one attached hydrogen (secondary N) is 2. The third-order valence-electron chi connectivity index (χ3n) is 2.70. The summed E-state index contributed by atoms with van der Waals surface area (Å²) in [5.74, 6) is 0. The molecule has 0 saturated heterocycles. The van der Waals surface area contributed by atoms with Gasteiger partial charge in [-0.1, -0.05) is 41.1 Å². The summed E-state index contributed by atoms with van der Waals surface area (Å²) in [7, 11) is 0. The zero-order valence-corrected chi connectivity index (χ0v) is 12.2. The minimum absolute atomic E-state index is 0.248. The average molecular weight is 319 g/mol. The Morgan fingerprint density at radius 2 is 1.74 bits per heavy atom. The van der Waals surface area contributed by atoms with Gasteiger partial charge >= 0.3 is 6.03 Å². The zero-order valence-electron chi connectivity index (χ0n) is 10.6. The molecule has 0 heterocycles. The molecule has 3 nitrogen and oxygen atoms in total. The van der Waals surface area contributed by atoms with E-state index in [2.05, 4.69) is 33.5 Å². The number of anilines is 2. The lowest BCUT2D eigenvalue weighted by Crippen LogP contribution is -2.19. The number of hydrogen-bond donors (Lipinski definition) is 2. The largest absolute Gasteiger partial charge is 0.323 e. The van der Waals surface area contributed by atoms with Gasteiger partial charge in [0.05, 0.1) is 0 Å². The van der Waals surface area contributed by atoms with E-state index in [-0.39, 0.29) is 6.03 Å². The Bertz CT molecular complexity index is 567. The number of carbonyl (C=O) groups is 1. The lowest BCUT2D eigenvalue weighted by atomic mass is 10.1. The highest BCUT2D eigenvalue weighted by atomic mass is 79.9. The molecule has 0 aliphatic rings. The van der Waals surface area contributed by atoms with E-state index in [1.807, 2.05) is 48.5 Å². The summed E-state index contributed by atoms with van der Waals surface area (Å²) in [5.41, 5.74) is 2.78. The third-order valence-corrected chi connectivity index (χ3v) is 3.20. The summed E-state index contributed by atoms with van der Waals surface area (Å²) in [6.07, 6.45) is 0.991. The number of halogens is 1. The summed E-state index contributed by atoms with van der Waals surface area (Å²) >= 11 is 3.36. The van der Waals surface area contributed by atoms with Crippen LogP contribution >= 0.6 is 15.9 Å². The highest BCUT2D eigenvalue weighted by Crippen LogP contribution is 2.16. The van der Waals surface area contributed by atoms with Gasteiger partial charge in [0.1, 0.15) is 0 Å². The highest BCUT2D eigenvalue weighted by molar-refractivity contribution is 9.10. The van der Waals surface area contributed by atoms with Crippen molar-refractivity contribution in [1.82, 2.24) is 0 Å². The van der Waals surface area contributed by atoms with Crippen molar-refractivity contribution >= 4 is 33.3 Å². The zero-order chi connectivity index (χ0) is 13.7. The minimum Gasteiger partial charge on any atom is -0.308 e. The molecule has 2 aromatic carbocycles. The number of hydrogen-bond acceptors (Lipinski definition) is 1. The Kier molecular flexibility index (Phi) is 4.58. The van der Waals surface area contributed by atoms with Crippen molar-refractivity contribution in [3.63, 3.8) is 0 Å². The summed E-state index contributed by atoms with van der Waals surface area (Å²) in [6, 6.07) is 15.0. The molecule has 0 radical (unpaired) electrons. The van der Waals surface area contributed by atoms with Crippen LogP contribution in [0.15, 0.2) is 53.0 Å². The van der Waals surface area contributed by atoms with Crippen LogP contribution in [0, 0.1) is 0 Å². The first-order valence-corrected chi connectivity index (χ1v) is 6.89. The normalized spacial score (nSPS) is 10.0. The highest BCUT2D eigenvalue weighted by Gasteiger charge is 2.02. The third kappa shape index (κ3) is 4.10. The predicted molar refractivity (Wildman–Crippen MR) is 82.6 cm³/mol. The summed E-state index contributed by atoms with van der Waals surface area (Å²) in [5, 5.41) is 5.58. The Hall–Kier alpha value is -1.81. The monoisotopic (exact) mass is 318 g/mol. The number of benzene rings is 2. The van der Waals surface area contributed by atoms with Crippen LogP contribution in [0.5, 0.6) is 0 Å². The number of rotatable bonds is 3. The number of amides is 2. The lowest BCUT2D eigenvalue weighted by Gasteiger charge is -2.08. The quantitative estimate of drug-likeness (QED) is 0.849. The first-order chi connectivity index (χ1) is 9.17. The molecule has 2 rings (SSSR count). The molecule has 0 spiro atoms. The molecule has 2 N–H and O–H groups in total. The van der Waals surface area contributed by atoms with Crippen LogP contribution in [0.2, 0.25) is 0 Å². The van der Waals surface area contributed by atoms with Crippen molar-refractivity contribution in [1.29, 1.82) is 0 Å². The van der Waals surface area contributed by atoms with Crippen LogP contribution in [0.4, 0.5) is 16.2 Å². The van der Waals surface area contributed by atoms with Gasteiger partial charge < -0.3 is 10.6 Å². The number of aryl methyl sites for hydroxylation is 1. The van der Waals surface area contributed by atoms with E-state index in [0.29, 0.717) is 0 Å². The van der Waals surface area contributed by atoms with E-state index in [4.69, 9.17) is 0 Å². The molecule has 0 atom stereocenters. The van der Waals surface area contributed by atoms with Gasteiger partial charge in [0.2, 0.25) is 0 Å². The van der Waals surface area contributed by atoms with Crippen molar-refractivity contribution < 1.29 is 4.79 Å². The SMILES string of the molecule is CCc1ccc(NC(=O)Nc2cccc(Br)c2)cc1. The molecule has 0 aliphatic heterocycles. The fraction of sp³-hybridized carbons (Fsp3) is 0.133. The van der Waals surface area contributed by atoms with Gasteiger partial charge in [-0.2, -0.15) is 0 Å². The van der Waals surface area contributed by atoms with E-state index in [1.165, 1.54) is 5.56 Å². The number of carbonyl (C=O) groups excluding carboxylic acids is 1. The van der Waals surface area contributed by atoms with Crippen LogP contribution in [-0.2, 0) is 6.42 Å². The summed E-state index contributed by atoms with van der Waals surface area (Å²) in [4.78, 5) is 11.8. The van der Waals surface area contributed by atoms with Gasteiger partial charge in [-0.25, -0.2) is 4.79 Å².